The maximum absolute atomic E-state index is 13.5. The van der Waals surface area contributed by atoms with Crippen molar-refractivity contribution in [2.45, 2.75) is 46.7 Å². The van der Waals surface area contributed by atoms with Gasteiger partial charge in [-0.25, -0.2) is 4.98 Å². The molecule has 1 amide bonds. The number of hydrogen-bond donors (Lipinski definition) is 0. The molecule has 33 heavy (non-hydrogen) atoms. The van der Waals surface area contributed by atoms with Gasteiger partial charge >= 0.3 is 0 Å². The van der Waals surface area contributed by atoms with Gasteiger partial charge in [-0.1, -0.05) is 54.9 Å². The number of benzene rings is 2. The number of carbonyl (C=O) groups is 1. The van der Waals surface area contributed by atoms with Gasteiger partial charge in [0.05, 0.1) is 22.8 Å². The van der Waals surface area contributed by atoms with Crippen LogP contribution < -0.4 is 0 Å². The molecule has 8 heteroatoms. The van der Waals surface area contributed by atoms with E-state index in [9.17, 15) is 4.79 Å². The van der Waals surface area contributed by atoms with Crippen molar-refractivity contribution in [3.05, 3.63) is 75.6 Å². The number of rotatable bonds is 7. The Labute approximate surface area is 202 Å². The summed E-state index contributed by atoms with van der Waals surface area (Å²) in [6.07, 6.45) is 0.984. The molecule has 0 bridgehead atoms. The van der Waals surface area contributed by atoms with Gasteiger partial charge < -0.3 is 9.32 Å². The molecular formula is C25H25ClN4O2S. The summed E-state index contributed by atoms with van der Waals surface area (Å²) < 4.78 is 5.83. The van der Waals surface area contributed by atoms with E-state index in [0.717, 1.165) is 17.0 Å². The van der Waals surface area contributed by atoms with Crippen LogP contribution in [0.15, 0.2) is 52.9 Å². The highest BCUT2D eigenvalue weighted by Crippen LogP contribution is 2.31. The number of aryl methyl sites for hydroxylation is 2. The van der Waals surface area contributed by atoms with Crippen LogP contribution in [0.25, 0.3) is 22.0 Å². The first-order chi connectivity index (χ1) is 15.9. The van der Waals surface area contributed by atoms with Crippen molar-refractivity contribution in [2.75, 3.05) is 0 Å². The highest BCUT2D eigenvalue weighted by atomic mass is 35.5. The Morgan fingerprint density at radius 3 is 2.52 bits per heavy atom. The molecule has 0 N–H and O–H groups in total. The molecule has 0 unspecified atom stereocenters. The third-order valence-electron chi connectivity index (χ3n) is 5.36. The average molecular weight is 481 g/mol. The smallest absolute Gasteiger partial charge is 0.266 e. The first kappa shape index (κ1) is 23.1. The number of amides is 1. The van der Waals surface area contributed by atoms with Crippen molar-refractivity contribution in [3.8, 4) is 22.0 Å². The molecule has 2 aromatic heterocycles. The van der Waals surface area contributed by atoms with Crippen LogP contribution >= 0.6 is 22.9 Å². The topological polar surface area (TPSA) is 72.1 Å². The van der Waals surface area contributed by atoms with E-state index in [1.54, 1.807) is 11.0 Å². The fourth-order valence-electron chi connectivity index (χ4n) is 3.43. The first-order valence-corrected chi connectivity index (χ1v) is 12.0. The van der Waals surface area contributed by atoms with E-state index in [1.165, 1.54) is 16.9 Å². The standard InChI is InChI=1S/C25H25ClN4O2S/c1-5-17-10-12-18(13-11-17)24-27-16(4)22(33-24)25(31)30(15(2)3)14-21-28-29-23(32-21)19-8-6-7-9-20(19)26/h6-13,15H,5,14H2,1-4H3. The van der Waals surface area contributed by atoms with Crippen LogP contribution in [0.3, 0.4) is 0 Å². The summed E-state index contributed by atoms with van der Waals surface area (Å²) in [6, 6.07) is 15.5. The molecule has 0 saturated carbocycles. The molecule has 170 valence electrons. The molecule has 0 aliphatic heterocycles. The Morgan fingerprint density at radius 1 is 1.12 bits per heavy atom. The molecule has 0 aliphatic rings. The minimum Gasteiger partial charge on any atom is -0.419 e. The van der Waals surface area contributed by atoms with Crippen molar-refractivity contribution in [1.82, 2.24) is 20.1 Å². The number of nitrogens with zero attached hydrogens (tertiary/aromatic N) is 4. The second kappa shape index (κ2) is 9.85. The molecule has 4 aromatic rings. The summed E-state index contributed by atoms with van der Waals surface area (Å²) in [4.78, 5) is 20.5. The normalized spacial score (nSPS) is 11.2. The Balaban J connectivity index is 1.57. The molecule has 4 rings (SSSR count). The Kier molecular flexibility index (Phi) is 6.91. The Hall–Kier alpha value is -3.03. The zero-order valence-electron chi connectivity index (χ0n) is 19.0. The van der Waals surface area contributed by atoms with Gasteiger partial charge in [-0.05, 0) is 44.9 Å². The second-order valence-corrected chi connectivity index (χ2v) is 9.40. The van der Waals surface area contributed by atoms with Gasteiger partial charge in [0, 0.05) is 11.6 Å². The summed E-state index contributed by atoms with van der Waals surface area (Å²) in [5.41, 5.74) is 3.66. The van der Waals surface area contributed by atoms with Gasteiger partial charge in [0.1, 0.15) is 9.88 Å². The van der Waals surface area contributed by atoms with E-state index in [0.29, 0.717) is 32.9 Å². The zero-order valence-corrected chi connectivity index (χ0v) is 20.6. The molecule has 0 radical (unpaired) electrons. The van der Waals surface area contributed by atoms with Gasteiger partial charge in [-0.15, -0.1) is 21.5 Å². The van der Waals surface area contributed by atoms with Gasteiger partial charge in [-0.2, -0.15) is 0 Å². The highest BCUT2D eigenvalue weighted by Gasteiger charge is 2.26. The summed E-state index contributed by atoms with van der Waals surface area (Å²) in [5, 5.41) is 9.63. The molecule has 0 saturated heterocycles. The van der Waals surface area contributed by atoms with E-state index < -0.39 is 0 Å². The second-order valence-electron chi connectivity index (χ2n) is 7.99. The minimum absolute atomic E-state index is 0.0676. The van der Waals surface area contributed by atoms with Crippen LogP contribution in [-0.2, 0) is 13.0 Å². The van der Waals surface area contributed by atoms with Gasteiger partial charge in [0.15, 0.2) is 0 Å². The zero-order chi connectivity index (χ0) is 23.5. The number of carbonyl (C=O) groups excluding carboxylic acids is 1. The molecule has 0 aliphatic carbocycles. The van der Waals surface area contributed by atoms with E-state index >= 15 is 0 Å². The van der Waals surface area contributed by atoms with Crippen LogP contribution in [0, 0.1) is 6.92 Å². The molecule has 0 atom stereocenters. The Morgan fingerprint density at radius 2 is 1.85 bits per heavy atom. The number of thiazole rings is 1. The average Bonchev–Trinajstić information content (AvgIpc) is 3.44. The fourth-order valence-corrected chi connectivity index (χ4v) is 4.67. The maximum atomic E-state index is 13.5. The lowest BCUT2D eigenvalue weighted by molar-refractivity contribution is 0.0676. The number of hydrogen-bond acceptors (Lipinski definition) is 6. The van der Waals surface area contributed by atoms with Crippen molar-refractivity contribution in [2.24, 2.45) is 0 Å². The molecule has 0 spiro atoms. The van der Waals surface area contributed by atoms with Crippen LogP contribution in [0.5, 0.6) is 0 Å². The van der Waals surface area contributed by atoms with Gasteiger partial charge in [0.2, 0.25) is 11.8 Å². The van der Waals surface area contributed by atoms with E-state index in [1.807, 2.05) is 39.0 Å². The third kappa shape index (κ3) is 4.99. The lowest BCUT2D eigenvalue weighted by Crippen LogP contribution is -2.36. The molecule has 2 aromatic carbocycles. The highest BCUT2D eigenvalue weighted by molar-refractivity contribution is 7.17. The predicted molar refractivity (Wildman–Crippen MR) is 131 cm³/mol. The van der Waals surface area contributed by atoms with Crippen molar-refractivity contribution >= 4 is 28.8 Å². The van der Waals surface area contributed by atoms with Crippen molar-refractivity contribution in [1.29, 1.82) is 0 Å². The van der Waals surface area contributed by atoms with Crippen LogP contribution in [0.1, 0.15) is 47.6 Å². The third-order valence-corrected chi connectivity index (χ3v) is 6.88. The SMILES string of the molecule is CCc1ccc(-c2nc(C)c(C(=O)N(Cc3nnc(-c4ccccc4Cl)o3)C(C)C)s2)cc1. The van der Waals surface area contributed by atoms with E-state index in [-0.39, 0.29) is 18.5 Å². The van der Waals surface area contributed by atoms with Crippen molar-refractivity contribution < 1.29 is 9.21 Å². The molecular weight excluding hydrogens is 456 g/mol. The largest absolute Gasteiger partial charge is 0.419 e. The number of aromatic nitrogens is 3. The maximum Gasteiger partial charge on any atom is 0.266 e. The monoisotopic (exact) mass is 480 g/mol. The van der Waals surface area contributed by atoms with Gasteiger partial charge in [0.25, 0.3) is 5.91 Å². The lowest BCUT2D eigenvalue weighted by Gasteiger charge is -2.24. The summed E-state index contributed by atoms with van der Waals surface area (Å²) >= 11 is 7.65. The molecule has 0 fully saturated rings. The summed E-state index contributed by atoms with van der Waals surface area (Å²) in [7, 11) is 0. The van der Waals surface area contributed by atoms with Crippen LogP contribution in [0.2, 0.25) is 5.02 Å². The minimum atomic E-state index is -0.103. The fraction of sp³-hybridized carbons (Fsp3) is 0.280. The van der Waals surface area contributed by atoms with E-state index in [4.69, 9.17) is 16.0 Å². The van der Waals surface area contributed by atoms with Crippen LogP contribution in [-0.4, -0.2) is 32.0 Å². The van der Waals surface area contributed by atoms with E-state index in [2.05, 4.69) is 46.4 Å². The molecule has 2 heterocycles. The summed E-state index contributed by atoms with van der Waals surface area (Å²) in [6.45, 7) is 8.12. The quantitative estimate of drug-likeness (QED) is 0.304. The van der Waals surface area contributed by atoms with Crippen molar-refractivity contribution in [3.63, 3.8) is 0 Å². The van der Waals surface area contributed by atoms with Crippen LogP contribution in [0.4, 0.5) is 0 Å². The van der Waals surface area contributed by atoms with Gasteiger partial charge in [-0.3, -0.25) is 4.79 Å². The Bertz CT molecular complexity index is 1260. The molecule has 6 nitrogen and oxygen atoms in total. The summed E-state index contributed by atoms with van der Waals surface area (Å²) in [5.74, 6) is 0.581. The lowest BCUT2D eigenvalue weighted by atomic mass is 10.1. The predicted octanol–water partition coefficient (Wildman–Crippen LogP) is 6.44. The number of halogens is 1. The first-order valence-electron chi connectivity index (χ1n) is 10.8.